The van der Waals surface area contributed by atoms with Gasteiger partial charge in [0, 0.05) is 5.21 Å². The van der Waals surface area contributed by atoms with Crippen molar-refractivity contribution in [3.8, 4) is 0 Å². The first-order valence-electron chi connectivity index (χ1n) is 12.4. The Hall–Kier alpha value is -0.440. The van der Waals surface area contributed by atoms with Crippen LogP contribution < -0.4 is 0 Å². The molecule has 4 saturated carbocycles. The zero-order chi connectivity index (χ0) is 21.2. The maximum absolute atomic E-state index is 11.7. The lowest BCUT2D eigenvalue weighted by molar-refractivity contribution is -0.139. The number of carbonyl (C=O) groups is 1. The molecule has 4 aliphatic carbocycles. The van der Waals surface area contributed by atoms with E-state index in [2.05, 4.69) is 20.8 Å². The number of aliphatic hydroxyl groups excluding tert-OH is 1. The molecule has 29 heavy (non-hydrogen) atoms. The van der Waals surface area contributed by atoms with Crippen molar-refractivity contribution in [2.75, 3.05) is 0 Å². The van der Waals surface area contributed by atoms with Crippen LogP contribution in [0.15, 0.2) is 0 Å². The standard InChI is InChI=1S/C24H42B2O3/c1-14(13-24(25,26)21(28)29)18-6-7-19-17-5-4-15-12-16(27)8-10-22(15,2)20(17)9-11-23(18,19)3/h14-20,27H,4-13,25-26H2,1-3H3,(H,28,29)/t14-,15+,16+,17+,18-,19+,20+,22+,23-/m1/s1. The van der Waals surface area contributed by atoms with Crippen LogP contribution in [0.3, 0.4) is 0 Å². The monoisotopic (exact) mass is 400 g/mol. The van der Waals surface area contributed by atoms with Crippen LogP contribution in [-0.4, -0.2) is 38.0 Å². The SMILES string of the molecule is BC(B)(C[C@@H](C)[C@H]1CC[C@H]2[C@@H]3CC[C@H]4C[C@@H](O)CC[C@]4(C)[C@H]3CC[C@]12C)C(=O)O. The van der Waals surface area contributed by atoms with E-state index in [4.69, 9.17) is 0 Å². The second-order valence-corrected chi connectivity index (χ2v) is 12.7. The number of carboxylic acids is 1. The lowest BCUT2D eigenvalue weighted by atomic mass is 9.44. The van der Waals surface area contributed by atoms with Crippen molar-refractivity contribution in [3.05, 3.63) is 0 Å². The molecule has 0 spiro atoms. The van der Waals surface area contributed by atoms with Crippen molar-refractivity contribution in [2.45, 2.75) is 96.3 Å². The van der Waals surface area contributed by atoms with Crippen LogP contribution in [0.25, 0.3) is 0 Å². The first-order chi connectivity index (χ1) is 13.5. The maximum Gasteiger partial charge on any atom is 0.293 e. The van der Waals surface area contributed by atoms with Gasteiger partial charge < -0.3 is 10.2 Å². The fourth-order valence-electron chi connectivity index (χ4n) is 9.25. The van der Waals surface area contributed by atoms with E-state index >= 15 is 0 Å². The molecule has 0 bridgehead atoms. The van der Waals surface area contributed by atoms with Gasteiger partial charge in [0.1, 0.15) is 15.7 Å². The lowest BCUT2D eigenvalue weighted by Gasteiger charge is -2.61. The van der Waals surface area contributed by atoms with Gasteiger partial charge in [-0.2, -0.15) is 0 Å². The Morgan fingerprint density at radius 3 is 2.38 bits per heavy atom. The van der Waals surface area contributed by atoms with Gasteiger partial charge in [0.15, 0.2) is 0 Å². The zero-order valence-corrected chi connectivity index (χ0v) is 19.4. The summed E-state index contributed by atoms with van der Waals surface area (Å²) in [6.45, 7) is 7.46. The van der Waals surface area contributed by atoms with E-state index in [1.165, 1.54) is 44.9 Å². The Balaban J connectivity index is 1.52. The van der Waals surface area contributed by atoms with Gasteiger partial charge in [-0.05, 0) is 111 Å². The first-order valence-corrected chi connectivity index (χ1v) is 12.4. The summed E-state index contributed by atoms with van der Waals surface area (Å²) >= 11 is 0. The van der Waals surface area contributed by atoms with Gasteiger partial charge in [-0.1, -0.05) is 20.8 Å². The summed E-state index contributed by atoms with van der Waals surface area (Å²) < 4.78 is 0. The molecule has 5 heteroatoms. The molecule has 4 fully saturated rings. The minimum absolute atomic E-state index is 0.0622. The van der Waals surface area contributed by atoms with E-state index in [-0.39, 0.29) is 6.10 Å². The molecule has 0 aromatic rings. The molecule has 0 radical (unpaired) electrons. The molecule has 0 aromatic heterocycles. The van der Waals surface area contributed by atoms with Crippen LogP contribution in [0.1, 0.15) is 85.0 Å². The highest BCUT2D eigenvalue weighted by molar-refractivity contribution is 6.49. The molecule has 0 heterocycles. The highest BCUT2D eigenvalue weighted by Crippen LogP contribution is 2.68. The summed E-state index contributed by atoms with van der Waals surface area (Å²) in [5.41, 5.74) is 0.838. The molecule has 0 saturated heterocycles. The zero-order valence-electron chi connectivity index (χ0n) is 19.4. The predicted molar refractivity (Wildman–Crippen MR) is 122 cm³/mol. The largest absolute Gasteiger partial charge is 0.482 e. The molecule has 4 rings (SSSR count). The Morgan fingerprint density at radius 2 is 1.69 bits per heavy atom. The fourth-order valence-corrected chi connectivity index (χ4v) is 9.25. The van der Waals surface area contributed by atoms with E-state index in [9.17, 15) is 15.0 Å². The summed E-state index contributed by atoms with van der Waals surface area (Å²) in [6.07, 6.45) is 12.0. The summed E-state index contributed by atoms with van der Waals surface area (Å²) in [7, 11) is 3.80. The number of rotatable bonds is 4. The topological polar surface area (TPSA) is 57.5 Å². The molecule has 0 unspecified atom stereocenters. The second-order valence-electron chi connectivity index (χ2n) is 12.7. The number of fused-ring (bicyclic) bond motifs is 5. The molecule has 3 nitrogen and oxygen atoms in total. The Morgan fingerprint density at radius 1 is 1.03 bits per heavy atom. The smallest absolute Gasteiger partial charge is 0.293 e. The molecule has 4 aliphatic rings. The van der Waals surface area contributed by atoms with Crippen molar-refractivity contribution in [2.24, 2.45) is 46.3 Å². The fraction of sp³-hybridized carbons (Fsp3) is 0.958. The lowest BCUT2D eigenvalue weighted by Crippen LogP contribution is -2.54. The van der Waals surface area contributed by atoms with E-state index in [1.807, 2.05) is 15.7 Å². The van der Waals surface area contributed by atoms with Crippen molar-refractivity contribution in [3.63, 3.8) is 0 Å². The van der Waals surface area contributed by atoms with Crippen LogP contribution in [-0.2, 0) is 4.79 Å². The van der Waals surface area contributed by atoms with E-state index in [1.54, 1.807) is 0 Å². The summed E-state index contributed by atoms with van der Waals surface area (Å²) in [4.78, 5) is 11.7. The maximum atomic E-state index is 11.7. The van der Waals surface area contributed by atoms with Crippen molar-refractivity contribution < 1.29 is 15.0 Å². The van der Waals surface area contributed by atoms with Crippen molar-refractivity contribution in [1.82, 2.24) is 0 Å². The Kier molecular flexibility index (Phi) is 5.49. The normalized spacial score (nSPS) is 48.3. The molecule has 9 atom stereocenters. The molecular weight excluding hydrogens is 358 g/mol. The van der Waals surface area contributed by atoms with Crippen LogP contribution in [0.2, 0.25) is 5.21 Å². The Bertz CT molecular complexity index is 652. The molecule has 2 N–H and O–H groups in total. The van der Waals surface area contributed by atoms with Gasteiger partial charge in [-0.15, -0.1) is 0 Å². The molecule has 0 aromatic carbocycles. The number of aliphatic hydroxyl groups is 1. The van der Waals surface area contributed by atoms with Gasteiger partial charge in [0.05, 0.1) is 6.10 Å². The average Bonchev–Trinajstić information content (AvgIpc) is 2.99. The Labute approximate surface area is 179 Å². The summed E-state index contributed by atoms with van der Waals surface area (Å²) in [5.74, 6) is 3.75. The molecule has 0 aliphatic heterocycles. The van der Waals surface area contributed by atoms with Crippen LogP contribution >= 0.6 is 0 Å². The van der Waals surface area contributed by atoms with Gasteiger partial charge >= 0.3 is 0 Å². The van der Waals surface area contributed by atoms with Crippen LogP contribution in [0.5, 0.6) is 0 Å². The van der Waals surface area contributed by atoms with Crippen LogP contribution in [0.4, 0.5) is 0 Å². The quantitative estimate of drug-likeness (QED) is 0.711. The second kappa shape index (κ2) is 7.31. The minimum atomic E-state index is -0.654. The molecule has 0 amide bonds. The van der Waals surface area contributed by atoms with Gasteiger partial charge in [0.2, 0.25) is 0 Å². The van der Waals surface area contributed by atoms with Crippen LogP contribution in [0, 0.1) is 46.3 Å². The summed E-state index contributed by atoms with van der Waals surface area (Å²) in [5, 5.41) is 19.2. The number of hydrogen-bond acceptors (Lipinski definition) is 2. The van der Waals surface area contributed by atoms with E-state index < -0.39 is 11.2 Å². The minimum Gasteiger partial charge on any atom is -0.482 e. The number of hydrogen-bond donors (Lipinski definition) is 2. The van der Waals surface area contributed by atoms with Gasteiger partial charge in [-0.3, -0.25) is 4.79 Å². The first kappa shape index (κ1) is 21.8. The highest BCUT2D eigenvalue weighted by atomic mass is 16.4. The van der Waals surface area contributed by atoms with Gasteiger partial charge in [-0.25, -0.2) is 0 Å². The van der Waals surface area contributed by atoms with Crippen molar-refractivity contribution in [1.29, 1.82) is 0 Å². The number of carboxylic acid groups (broad SMARTS) is 1. The van der Waals surface area contributed by atoms with Crippen molar-refractivity contribution >= 4 is 21.7 Å². The summed E-state index contributed by atoms with van der Waals surface area (Å²) in [6, 6.07) is 0. The third-order valence-electron chi connectivity index (χ3n) is 10.8. The average molecular weight is 400 g/mol. The number of aliphatic carboxylic acids is 1. The van der Waals surface area contributed by atoms with E-state index in [0.29, 0.717) is 22.7 Å². The van der Waals surface area contributed by atoms with E-state index in [0.717, 1.165) is 42.9 Å². The highest BCUT2D eigenvalue weighted by Gasteiger charge is 2.60. The van der Waals surface area contributed by atoms with Gasteiger partial charge in [0.25, 0.3) is 5.97 Å². The predicted octanol–water partition coefficient (Wildman–Crippen LogP) is 3.50. The molecular formula is C24H42B2O3. The third-order valence-corrected chi connectivity index (χ3v) is 10.8. The third kappa shape index (κ3) is 3.42. The molecule has 162 valence electrons.